The van der Waals surface area contributed by atoms with E-state index in [1.54, 1.807) is 4.90 Å². The summed E-state index contributed by atoms with van der Waals surface area (Å²) in [5.74, 6) is 0.109. The number of amides is 2. The molecule has 0 unspecified atom stereocenters. The molecule has 2 amide bonds. The molecule has 2 aliphatic rings. The largest absolute Gasteiger partial charge is 0.444 e. The first-order valence-corrected chi connectivity index (χ1v) is 8.33. The van der Waals surface area contributed by atoms with Crippen LogP contribution in [0.5, 0.6) is 0 Å². The highest BCUT2D eigenvalue weighted by molar-refractivity contribution is 5.78. The van der Waals surface area contributed by atoms with Gasteiger partial charge in [0, 0.05) is 32.2 Å². The number of nitrogens with zero attached hydrogens (tertiary/aromatic N) is 2. The van der Waals surface area contributed by atoms with E-state index in [9.17, 15) is 9.59 Å². The summed E-state index contributed by atoms with van der Waals surface area (Å²) in [6, 6.07) is 0.371. The molecule has 1 aliphatic heterocycles. The smallest absolute Gasteiger partial charge is 0.410 e. The van der Waals surface area contributed by atoms with Crippen molar-refractivity contribution in [3.63, 3.8) is 0 Å². The molecule has 6 heteroatoms. The lowest BCUT2D eigenvalue weighted by Gasteiger charge is -2.35. The molecule has 0 bridgehead atoms. The third-order valence-corrected chi connectivity index (χ3v) is 4.11. The van der Waals surface area contributed by atoms with Gasteiger partial charge in [0.25, 0.3) is 0 Å². The SMILES string of the molecule is CC(C)(C)OC(=O)N1CCN(CC(=O)NC2CCCC2)CC1. The molecule has 1 saturated heterocycles. The van der Waals surface area contributed by atoms with Crippen LogP contribution in [-0.4, -0.2) is 66.2 Å². The second-order valence-electron chi connectivity index (χ2n) is 7.29. The third kappa shape index (κ3) is 5.48. The molecule has 0 atom stereocenters. The van der Waals surface area contributed by atoms with Crippen molar-refractivity contribution < 1.29 is 14.3 Å². The van der Waals surface area contributed by atoms with Crippen LogP contribution < -0.4 is 5.32 Å². The Labute approximate surface area is 133 Å². The van der Waals surface area contributed by atoms with Crippen molar-refractivity contribution in [1.29, 1.82) is 0 Å². The fourth-order valence-electron chi connectivity index (χ4n) is 2.96. The summed E-state index contributed by atoms with van der Waals surface area (Å²) < 4.78 is 5.37. The van der Waals surface area contributed by atoms with Crippen LogP contribution in [0.25, 0.3) is 0 Å². The maximum atomic E-state index is 12.0. The molecule has 2 rings (SSSR count). The minimum Gasteiger partial charge on any atom is -0.444 e. The zero-order valence-electron chi connectivity index (χ0n) is 14.1. The Hall–Kier alpha value is -1.30. The van der Waals surface area contributed by atoms with Gasteiger partial charge < -0.3 is 15.0 Å². The van der Waals surface area contributed by atoms with Gasteiger partial charge in [-0.05, 0) is 33.6 Å². The normalized spacial score (nSPS) is 21.0. The van der Waals surface area contributed by atoms with Gasteiger partial charge in [-0.3, -0.25) is 9.69 Å². The molecule has 1 aliphatic carbocycles. The lowest BCUT2D eigenvalue weighted by molar-refractivity contribution is -0.123. The molecule has 0 radical (unpaired) electrons. The molecule has 126 valence electrons. The summed E-state index contributed by atoms with van der Waals surface area (Å²) in [6.45, 7) is 8.71. The summed E-state index contributed by atoms with van der Waals surface area (Å²) in [7, 11) is 0. The van der Waals surface area contributed by atoms with E-state index in [1.165, 1.54) is 12.8 Å². The Balaban J connectivity index is 1.68. The lowest BCUT2D eigenvalue weighted by Crippen LogP contribution is -2.52. The molecule has 1 saturated carbocycles. The molecule has 22 heavy (non-hydrogen) atoms. The molecule has 0 aromatic heterocycles. The van der Waals surface area contributed by atoms with Crippen molar-refractivity contribution >= 4 is 12.0 Å². The van der Waals surface area contributed by atoms with Crippen molar-refractivity contribution in [2.45, 2.75) is 58.1 Å². The third-order valence-electron chi connectivity index (χ3n) is 4.11. The molecular formula is C16H29N3O3. The summed E-state index contributed by atoms with van der Waals surface area (Å²) in [6.07, 6.45) is 4.40. The highest BCUT2D eigenvalue weighted by Crippen LogP contribution is 2.17. The van der Waals surface area contributed by atoms with Crippen LogP contribution in [0.3, 0.4) is 0 Å². The van der Waals surface area contributed by atoms with E-state index >= 15 is 0 Å². The van der Waals surface area contributed by atoms with Gasteiger partial charge in [-0.1, -0.05) is 12.8 Å². The topological polar surface area (TPSA) is 61.9 Å². The Morgan fingerprint density at radius 3 is 2.23 bits per heavy atom. The fraction of sp³-hybridized carbons (Fsp3) is 0.875. The Bertz CT molecular complexity index is 392. The minimum absolute atomic E-state index is 0.109. The Morgan fingerprint density at radius 1 is 1.09 bits per heavy atom. The number of rotatable bonds is 3. The van der Waals surface area contributed by atoms with Crippen LogP contribution in [0, 0.1) is 0 Å². The van der Waals surface area contributed by atoms with Crippen LogP contribution >= 0.6 is 0 Å². The van der Waals surface area contributed by atoms with Gasteiger partial charge in [-0.25, -0.2) is 4.79 Å². The van der Waals surface area contributed by atoms with Gasteiger partial charge in [0.15, 0.2) is 0 Å². The molecule has 0 spiro atoms. The van der Waals surface area contributed by atoms with Crippen molar-refractivity contribution in [3.05, 3.63) is 0 Å². The van der Waals surface area contributed by atoms with Crippen molar-refractivity contribution in [2.75, 3.05) is 32.7 Å². The molecule has 0 aromatic carbocycles. The monoisotopic (exact) mass is 311 g/mol. The number of nitrogens with one attached hydrogen (secondary N) is 1. The first-order valence-electron chi connectivity index (χ1n) is 8.33. The first-order chi connectivity index (χ1) is 10.3. The highest BCUT2D eigenvalue weighted by Gasteiger charge is 2.27. The summed E-state index contributed by atoms with van der Waals surface area (Å²) in [4.78, 5) is 27.8. The Morgan fingerprint density at radius 2 is 1.68 bits per heavy atom. The van der Waals surface area contributed by atoms with Crippen molar-refractivity contribution in [3.8, 4) is 0 Å². The minimum atomic E-state index is -0.463. The van der Waals surface area contributed by atoms with Gasteiger partial charge in [-0.15, -0.1) is 0 Å². The van der Waals surface area contributed by atoms with E-state index in [4.69, 9.17) is 4.74 Å². The van der Waals surface area contributed by atoms with E-state index < -0.39 is 5.60 Å². The van der Waals surface area contributed by atoms with Gasteiger partial charge in [0.2, 0.25) is 5.91 Å². The lowest BCUT2D eigenvalue weighted by atomic mass is 10.2. The highest BCUT2D eigenvalue weighted by atomic mass is 16.6. The number of ether oxygens (including phenoxy) is 1. The summed E-state index contributed by atoms with van der Waals surface area (Å²) in [5, 5.41) is 3.11. The molecule has 0 aromatic rings. The van der Waals surface area contributed by atoms with Crippen molar-refractivity contribution in [2.24, 2.45) is 0 Å². The standard InChI is InChI=1S/C16H29N3O3/c1-16(2,3)22-15(21)19-10-8-18(9-11-19)12-14(20)17-13-6-4-5-7-13/h13H,4-12H2,1-3H3,(H,17,20). The maximum absolute atomic E-state index is 12.0. The van der Waals surface area contributed by atoms with E-state index in [0.717, 1.165) is 25.9 Å². The first kappa shape index (κ1) is 17.1. The predicted molar refractivity (Wildman–Crippen MR) is 84.6 cm³/mol. The number of carbonyl (C=O) groups is 2. The second kappa shape index (κ2) is 7.31. The summed E-state index contributed by atoms with van der Waals surface area (Å²) >= 11 is 0. The molecule has 6 nitrogen and oxygen atoms in total. The molecule has 2 fully saturated rings. The number of hydrogen-bond acceptors (Lipinski definition) is 4. The fourth-order valence-corrected chi connectivity index (χ4v) is 2.96. The van der Waals surface area contributed by atoms with Gasteiger partial charge in [-0.2, -0.15) is 0 Å². The van der Waals surface area contributed by atoms with E-state index in [0.29, 0.717) is 25.7 Å². The van der Waals surface area contributed by atoms with Gasteiger partial charge in [0.1, 0.15) is 5.60 Å². The molecule has 1 heterocycles. The Kier molecular flexibility index (Phi) is 5.67. The predicted octanol–water partition coefficient (Wildman–Crippen LogP) is 1.60. The quantitative estimate of drug-likeness (QED) is 0.860. The number of piperazine rings is 1. The maximum Gasteiger partial charge on any atom is 0.410 e. The van der Waals surface area contributed by atoms with Crippen LogP contribution in [0.2, 0.25) is 0 Å². The van der Waals surface area contributed by atoms with Crippen LogP contribution in [0.15, 0.2) is 0 Å². The average molecular weight is 311 g/mol. The average Bonchev–Trinajstić information content (AvgIpc) is 2.90. The van der Waals surface area contributed by atoms with Crippen LogP contribution in [0.4, 0.5) is 4.79 Å². The molecular weight excluding hydrogens is 282 g/mol. The van der Waals surface area contributed by atoms with Crippen molar-refractivity contribution in [1.82, 2.24) is 15.1 Å². The van der Waals surface area contributed by atoms with E-state index in [-0.39, 0.29) is 12.0 Å². The summed E-state index contributed by atoms with van der Waals surface area (Å²) in [5.41, 5.74) is -0.463. The van der Waals surface area contributed by atoms with Gasteiger partial charge >= 0.3 is 6.09 Å². The number of carbonyl (C=O) groups excluding carboxylic acids is 2. The molecule has 1 N–H and O–H groups in total. The second-order valence-corrected chi connectivity index (χ2v) is 7.29. The zero-order chi connectivity index (χ0) is 16.2. The van der Waals surface area contributed by atoms with E-state index in [2.05, 4.69) is 10.2 Å². The van der Waals surface area contributed by atoms with E-state index in [1.807, 2.05) is 20.8 Å². The van der Waals surface area contributed by atoms with Crippen LogP contribution in [0.1, 0.15) is 46.5 Å². The van der Waals surface area contributed by atoms with Gasteiger partial charge in [0.05, 0.1) is 6.54 Å². The van der Waals surface area contributed by atoms with Crippen LogP contribution in [-0.2, 0) is 9.53 Å². The zero-order valence-corrected chi connectivity index (χ0v) is 14.1. The number of hydrogen-bond donors (Lipinski definition) is 1.